The molecular weight excluding hydrogens is 458 g/mol. The molecule has 0 spiro atoms. The van der Waals surface area contributed by atoms with Crippen molar-refractivity contribution in [1.82, 2.24) is 10.2 Å². The molecular formula is C24H25N3O4S2. The lowest BCUT2D eigenvalue weighted by atomic mass is 10.0. The van der Waals surface area contributed by atoms with Gasteiger partial charge in [0.2, 0.25) is 0 Å². The van der Waals surface area contributed by atoms with Gasteiger partial charge in [-0.05, 0) is 54.6 Å². The minimum Gasteiger partial charge on any atom is -0.490 e. The van der Waals surface area contributed by atoms with Gasteiger partial charge in [-0.3, -0.25) is 9.69 Å². The van der Waals surface area contributed by atoms with Crippen molar-refractivity contribution in [1.29, 1.82) is 0 Å². The van der Waals surface area contributed by atoms with Gasteiger partial charge < -0.3 is 20.1 Å². The molecule has 3 aromatic rings. The van der Waals surface area contributed by atoms with Crippen molar-refractivity contribution in [3.63, 3.8) is 0 Å². The summed E-state index contributed by atoms with van der Waals surface area (Å²) >= 11 is 3.00. The molecule has 33 heavy (non-hydrogen) atoms. The van der Waals surface area contributed by atoms with Crippen molar-refractivity contribution >= 4 is 39.6 Å². The van der Waals surface area contributed by atoms with E-state index >= 15 is 0 Å². The second-order valence-corrected chi connectivity index (χ2v) is 9.94. The molecule has 2 aliphatic rings. The third-order valence-corrected chi connectivity index (χ3v) is 7.88. The smallest absolute Gasteiger partial charge is 0.353 e. The summed E-state index contributed by atoms with van der Waals surface area (Å²) in [5.41, 5.74) is 2.79. The van der Waals surface area contributed by atoms with Gasteiger partial charge in [-0.15, -0.1) is 22.7 Å². The van der Waals surface area contributed by atoms with Crippen LogP contribution in [0.4, 0.5) is 5.00 Å². The number of carbonyl (C=O) groups is 2. The van der Waals surface area contributed by atoms with Crippen molar-refractivity contribution in [3.8, 4) is 11.5 Å². The van der Waals surface area contributed by atoms with Crippen LogP contribution < -0.4 is 20.1 Å². The number of amides is 1. The standard InChI is InChI=1S/C24H25N3O4S2/c1-3-27-10-9-15-19(13-27)33-23-20(15)22(28)25-21(26-23)14-7-8-16(17(12-14)30-4-2)31-24(29)18-6-5-11-32-18/h5-8,11-12,21,26H,3-4,9-10,13H2,1-2H3,(H,25,28). The van der Waals surface area contributed by atoms with Crippen LogP contribution >= 0.6 is 22.7 Å². The third-order valence-electron chi connectivity index (χ3n) is 5.89. The highest BCUT2D eigenvalue weighted by Gasteiger charge is 2.33. The van der Waals surface area contributed by atoms with E-state index in [-0.39, 0.29) is 5.91 Å². The number of ether oxygens (including phenoxy) is 2. The van der Waals surface area contributed by atoms with E-state index in [2.05, 4.69) is 22.5 Å². The molecule has 5 rings (SSSR count). The van der Waals surface area contributed by atoms with E-state index in [9.17, 15) is 9.59 Å². The van der Waals surface area contributed by atoms with Gasteiger partial charge in [-0.25, -0.2) is 4.79 Å². The summed E-state index contributed by atoms with van der Waals surface area (Å²) in [7, 11) is 0. The minimum absolute atomic E-state index is 0.0534. The number of carbonyl (C=O) groups excluding carboxylic acids is 2. The summed E-state index contributed by atoms with van der Waals surface area (Å²) in [6.07, 6.45) is 0.502. The number of hydrogen-bond donors (Lipinski definition) is 2. The number of esters is 1. The highest BCUT2D eigenvalue weighted by molar-refractivity contribution is 7.16. The van der Waals surface area contributed by atoms with Gasteiger partial charge in [0, 0.05) is 18.0 Å². The highest BCUT2D eigenvalue weighted by Crippen LogP contribution is 2.41. The molecule has 1 amide bonds. The Hall–Kier alpha value is -2.88. The quantitative estimate of drug-likeness (QED) is 0.392. The zero-order chi connectivity index (χ0) is 22.9. The summed E-state index contributed by atoms with van der Waals surface area (Å²) in [4.78, 5) is 29.6. The maximum atomic E-state index is 13.1. The Morgan fingerprint density at radius 3 is 2.85 bits per heavy atom. The average Bonchev–Trinajstić information content (AvgIpc) is 3.48. The van der Waals surface area contributed by atoms with Crippen LogP contribution in [-0.2, 0) is 13.0 Å². The van der Waals surface area contributed by atoms with Crippen LogP contribution in [0.15, 0.2) is 35.7 Å². The molecule has 172 valence electrons. The molecule has 0 fully saturated rings. The monoisotopic (exact) mass is 483 g/mol. The lowest BCUT2D eigenvalue weighted by Gasteiger charge is -2.28. The number of hydrogen-bond acceptors (Lipinski definition) is 8. The maximum Gasteiger partial charge on any atom is 0.353 e. The van der Waals surface area contributed by atoms with Crippen molar-refractivity contribution in [2.75, 3.05) is 25.0 Å². The molecule has 4 heterocycles. The predicted molar refractivity (Wildman–Crippen MR) is 130 cm³/mol. The summed E-state index contributed by atoms with van der Waals surface area (Å²) in [5, 5.41) is 9.32. The van der Waals surface area contributed by atoms with Crippen molar-refractivity contribution in [2.24, 2.45) is 0 Å². The second-order valence-electron chi connectivity index (χ2n) is 7.88. The van der Waals surface area contributed by atoms with E-state index in [1.165, 1.54) is 21.8 Å². The number of likely N-dealkylation sites (N-methyl/N-ethyl adjacent to an activating group) is 1. The zero-order valence-corrected chi connectivity index (χ0v) is 20.1. The fourth-order valence-corrected chi connectivity index (χ4v) is 6.12. The van der Waals surface area contributed by atoms with Crippen molar-refractivity contribution in [2.45, 2.75) is 33.0 Å². The largest absolute Gasteiger partial charge is 0.490 e. The van der Waals surface area contributed by atoms with Gasteiger partial charge in [0.05, 0.1) is 12.2 Å². The number of benzene rings is 1. The summed E-state index contributed by atoms with van der Waals surface area (Å²) < 4.78 is 11.3. The van der Waals surface area contributed by atoms with Gasteiger partial charge in [0.15, 0.2) is 11.5 Å². The topological polar surface area (TPSA) is 79.9 Å². The predicted octanol–water partition coefficient (Wildman–Crippen LogP) is 4.66. The van der Waals surface area contributed by atoms with Crippen LogP contribution in [-0.4, -0.2) is 36.5 Å². The lowest BCUT2D eigenvalue weighted by Crippen LogP contribution is -2.38. The first-order valence-corrected chi connectivity index (χ1v) is 12.7. The van der Waals surface area contributed by atoms with Crippen LogP contribution in [0.5, 0.6) is 11.5 Å². The van der Waals surface area contributed by atoms with Crippen LogP contribution in [0.3, 0.4) is 0 Å². The number of fused-ring (bicyclic) bond motifs is 3. The van der Waals surface area contributed by atoms with Gasteiger partial charge in [-0.2, -0.15) is 0 Å². The second kappa shape index (κ2) is 9.17. The molecule has 7 nitrogen and oxygen atoms in total. The number of rotatable bonds is 6. The van der Waals surface area contributed by atoms with E-state index in [0.717, 1.165) is 42.2 Å². The maximum absolute atomic E-state index is 13.1. The Kier molecular flexibility index (Phi) is 6.09. The number of nitrogens with zero attached hydrogens (tertiary/aromatic N) is 1. The number of anilines is 1. The molecule has 0 radical (unpaired) electrons. The Morgan fingerprint density at radius 1 is 1.21 bits per heavy atom. The molecule has 2 aromatic heterocycles. The Morgan fingerprint density at radius 2 is 2.09 bits per heavy atom. The first-order valence-electron chi connectivity index (χ1n) is 11.0. The molecule has 0 aliphatic carbocycles. The first-order chi connectivity index (χ1) is 16.1. The van der Waals surface area contributed by atoms with E-state index in [0.29, 0.717) is 23.0 Å². The Bertz CT molecular complexity index is 1190. The molecule has 1 aromatic carbocycles. The van der Waals surface area contributed by atoms with E-state index in [1.54, 1.807) is 23.5 Å². The minimum atomic E-state index is -0.419. The Balaban J connectivity index is 1.40. The molecule has 0 saturated carbocycles. The highest BCUT2D eigenvalue weighted by atomic mass is 32.1. The molecule has 1 unspecified atom stereocenters. The van der Waals surface area contributed by atoms with E-state index < -0.39 is 12.1 Å². The normalized spacial score (nSPS) is 17.5. The number of thiophene rings is 2. The molecule has 0 bridgehead atoms. The Labute approximate surface area is 200 Å². The summed E-state index contributed by atoms with van der Waals surface area (Å²) in [5.74, 6) is 0.346. The molecule has 1 atom stereocenters. The average molecular weight is 484 g/mol. The molecule has 0 saturated heterocycles. The fraction of sp³-hybridized carbons (Fsp3) is 0.333. The van der Waals surface area contributed by atoms with E-state index in [1.807, 2.05) is 30.5 Å². The van der Waals surface area contributed by atoms with Gasteiger partial charge >= 0.3 is 5.97 Å². The summed E-state index contributed by atoms with van der Waals surface area (Å²) in [6.45, 7) is 7.34. The molecule has 2 aliphatic heterocycles. The van der Waals surface area contributed by atoms with Crippen LogP contribution in [0.2, 0.25) is 0 Å². The SMILES string of the molecule is CCOc1cc(C2NC(=O)c3c(sc4c3CCN(CC)C4)N2)ccc1OC(=O)c1cccs1. The van der Waals surface area contributed by atoms with Crippen molar-refractivity contribution in [3.05, 3.63) is 62.2 Å². The zero-order valence-electron chi connectivity index (χ0n) is 18.5. The molecule has 2 N–H and O–H groups in total. The fourth-order valence-electron chi connectivity index (χ4n) is 4.21. The first kappa shape index (κ1) is 21.9. The van der Waals surface area contributed by atoms with Crippen LogP contribution in [0.1, 0.15) is 56.0 Å². The molecule has 9 heteroatoms. The van der Waals surface area contributed by atoms with Crippen LogP contribution in [0, 0.1) is 0 Å². The lowest BCUT2D eigenvalue weighted by molar-refractivity contribution is 0.0733. The van der Waals surface area contributed by atoms with Crippen molar-refractivity contribution < 1.29 is 19.1 Å². The van der Waals surface area contributed by atoms with Gasteiger partial charge in [-0.1, -0.05) is 19.1 Å². The van der Waals surface area contributed by atoms with E-state index in [4.69, 9.17) is 9.47 Å². The summed E-state index contributed by atoms with van der Waals surface area (Å²) in [6, 6.07) is 8.90. The van der Waals surface area contributed by atoms with Crippen LogP contribution in [0.25, 0.3) is 0 Å². The third kappa shape index (κ3) is 4.23. The number of nitrogens with one attached hydrogen (secondary N) is 2. The van der Waals surface area contributed by atoms with Gasteiger partial charge in [0.25, 0.3) is 5.91 Å². The van der Waals surface area contributed by atoms with Gasteiger partial charge in [0.1, 0.15) is 16.0 Å².